The van der Waals surface area contributed by atoms with Crippen molar-refractivity contribution in [3.63, 3.8) is 0 Å². The molecule has 1 aromatic heterocycles. The van der Waals surface area contributed by atoms with Crippen LogP contribution < -0.4 is 0 Å². The Labute approximate surface area is 82.4 Å². The highest BCUT2D eigenvalue weighted by atomic mass is 19.4. The van der Waals surface area contributed by atoms with Crippen molar-refractivity contribution < 1.29 is 23.1 Å². The molecule has 0 spiro atoms. The standard InChI is InChI=1S/C8H7F3N2O2/c1-2-3-4-5(7(14)15)12-13-6(4)8(9,10)11/h2H,1,3H2,(H,12,13)(H,14,15). The van der Waals surface area contributed by atoms with Gasteiger partial charge in [-0.2, -0.15) is 18.3 Å². The summed E-state index contributed by atoms with van der Waals surface area (Å²) in [5, 5.41) is 13.4. The van der Waals surface area contributed by atoms with Crippen LogP contribution in [0.25, 0.3) is 0 Å². The highest BCUT2D eigenvalue weighted by Crippen LogP contribution is 2.31. The maximum Gasteiger partial charge on any atom is 0.433 e. The predicted octanol–water partition coefficient (Wildman–Crippen LogP) is 1.86. The molecule has 15 heavy (non-hydrogen) atoms. The van der Waals surface area contributed by atoms with E-state index in [2.05, 4.69) is 11.7 Å². The van der Waals surface area contributed by atoms with E-state index in [0.717, 1.165) is 0 Å². The summed E-state index contributed by atoms with van der Waals surface area (Å²) in [6.07, 6.45) is -3.65. The number of H-pyrrole nitrogens is 1. The van der Waals surface area contributed by atoms with Gasteiger partial charge in [0, 0.05) is 5.56 Å². The Hall–Kier alpha value is -1.79. The van der Waals surface area contributed by atoms with Crippen LogP contribution in [0.1, 0.15) is 21.7 Å². The monoisotopic (exact) mass is 220 g/mol. The molecule has 0 atom stereocenters. The summed E-state index contributed by atoms with van der Waals surface area (Å²) < 4.78 is 37.0. The van der Waals surface area contributed by atoms with Gasteiger partial charge in [-0.1, -0.05) is 6.08 Å². The molecule has 1 rings (SSSR count). The van der Waals surface area contributed by atoms with Gasteiger partial charge in [0.1, 0.15) is 5.69 Å². The Morgan fingerprint density at radius 3 is 2.60 bits per heavy atom. The summed E-state index contributed by atoms with van der Waals surface area (Å²) in [7, 11) is 0. The van der Waals surface area contributed by atoms with E-state index in [1.807, 2.05) is 0 Å². The molecule has 0 saturated heterocycles. The lowest BCUT2D eigenvalue weighted by molar-refractivity contribution is -0.141. The molecule has 0 unspecified atom stereocenters. The molecule has 7 heteroatoms. The highest BCUT2D eigenvalue weighted by molar-refractivity contribution is 5.87. The second-order valence-corrected chi connectivity index (χ2v) is 2.72. The molecule has 0 radical (unpaired) electrons. The molecule has 0 amide bonds. The molecule has 4 nitrogen and oxygen atoms in total. The first-order valence-corrected chi connectivity index (χ1v) is 3.86. The fourth-order valence-corrected chi connectivity index (χ4v) is 1.12. The summed E-state index contributed by atoms with van der Waals surface area (Å²) in [5.74, 6) is -1.50. The van der Waals surface area contributed by atoms with Crippen LogP contribution in [-0.2, 0) is 12.6 Å². The van der Waals surface area contributed by atoms with Crippen LogP contribution in [-0.4, -0.2) is 21.3 Å². The molecule has 1 heterocycles. The van der Waals surface area contributed by atoms with E-state index in [4.69, 9.17) is 5.11 Å². The van der Waals surface area contributed by atoms with Crippen molar-refractivity contribution in [3.05, 3.63) is 29.6 Å². The number of allylic oxidation sites excluding steroid dienone is 1. The van der Waals surface area contributed by atoms with Crippen LogP contribution in [0.5, 0.6) is 0 Å². The highest BCUT2D eigenvalue weighted by Gasteiger charge is 2.37. The molecular weight excluding hydrogens is 213 g/mol. The van der Waals surface area contributed by atoms with Gasteiger partial charge in [-0.05, 0) is 6.42 Å². The lowest BCUT2D eigenvalue weighted by atomic mass is 10.1. The van der Waals surface area contributed by atoms with Gasteiger partial charge >= 0.3 is 12.1 Å². The maximum absolute atomic E-state index is 12.3. The number of aromatic carboxylic acids is 1. The van der Waals surface area contributed by atoms with Crippen molar-refractivity contribution in [2.45, 2.75) is 12.6 Å². The minimum Gasteiger partial charge on any atom is -0.476 e. The molecule has 0 bridgehead atoms. The van der Waals surface area contributed by atoms with E-state index in [1.54, 1.807) is 5.10 Å². The second-order valence-electron chi connectivity index (χ2n) is 2.72. The second kappa shape index (κ2) is 3.76. The number of halogens is 3. The van der Waals surface area contributed by atoms with Crippen molar-refractivity contribution in [1.82, 2.24) is 10.2 Å². The largest absolute Gasteiger partial charge is 0.476 e. The quantitative estimate of drug-likeness (QED) is 0.764. The van der Waals surface area contributed by atoms with Gasteiger partial charge in [0.15, 0.2) is 5.69 Å². The molecule has 0 fully saturated rings. The van der Waals surface area contributed by atoms with Gasteiger partial charge in [0.05, 0.1) is 0 Å². The number of hydrogen-bond donors (Lipinski definition) is 2. The summed E-state index contributed by atoms with van der Waals surface area (Å²) in [4.78, 5) is 10.6. The van der Waals surface area contributed by atoms with Crippen molar-refractivity contribution in [2.75, 3.05) is 0 Å². The molecule has 2 N–H and O–H groups in total. The van der Waals surface area contributed by atoms with Crippen molar-refractivity contribution in [2.24, 2.45) is 0 Å². The minimum atomic E-state index is -4.64. The zero-order valence-corrected chi connectivity index (χ0v) is 7.43. The van der Waals surface area contributed by atoms with Crippen molar-refractivity contribution in [3.8, 4) is 0 Å². The fraction of sp³-hybridized carbons (Fsp3) is 0.250. The number of aromatic amines is 1. The number of aromatic nitrogens is 2. The number of hydrogen-bond acceptors (Lipinski definition) is 2. The summed E-state index contributed by atoms with van der Waals surface area (Å²) in [6, 6.07) is 0. The molecular formula is C8H7F3N2O2. The first-order chi connectivity index (χ1) is 6.88. The van der Waals surface area contributed by atoms with Crippen LogP contribution in [0.4, 0.5) is 13.2 Å². The van der Waals surface area contributed by atoms with Gasteiger partial charge < -0.3 is 5.11 Å². The number of carbonyl (C=O) groups is 1. The van der Waals surface area contributed by atoms with Crippen LogP contribution in [0.15, 0.2) is 12.7 Å². The molecule has 0 saturated carbocycles. The zero-order chi connectivity index (χ0) is 11.6. The van der Waals surface area contributed by atoms with Gasteiger partial charge in [0.2, 0.25) is 0 Å². The van der Waals surface area contributed by atoms with Crippen LogP contribution in [0.2, 0.25) is 0 Å². The average Bonchev–Trinajstić information content (AvgIpc) is 2.47. The lowest BCUT2D eigenvalue weighted by Crippen LogP contribution is -2.10. The Morgan fingerprint density at radius 1 is 1.60 bits per heavy atom. The summed E-state index contributed by atoms with van der Waals surface area (Å²) >= 11 is 0. The van der Waals surface area contributed by atoms with Crippen molar-refractivity contribution >= 4 is 5.97 Å². The topological polar surface area (TPSA) is 66.0 Å². The number of nitrogens with zero attached hydrogens (tertiary/aromatic N) is 1. The number of carboxylic acids is 1. The number of carboxylic acid groups (broad SMARTS) is 1. The molecule has 1 aromatic rings. The van der Waals surface area contributed by atoms with Crippen LogP contribution >= 0.6 is 0 Å². The number of rotatable bonds is 3. The number of alkyl halides is 3. The third-order valence-corrected chi connectivity index (χ3v) is 1.70. The first kappa shape index (κ1) is 11.3. The van der Waals surface area contributed by atoms with Gasteiger partial charge in [0.25, 0.3) is 0 Å². The van der Waals surface area contributed by atoms with E-state index in [0.29, 0.717) is 0 Å². The smallest absolute Gasteiger partial charge is 0.433 e. The van der Waals surface area contributed by atoms with E-state index in [-0.39, 0.29) is 6.42 Å². The summed E-state index contributed by atoms with van der Waals surface area (Å²) in [6.45, 7) is 3.26. The number of nitrogens with one attached hydrogen (secondary N) is 1. The Bertz CT molecular complexity index is 395. The van der Waals surface area contributed by atoms with E-state index < -0.39 is 29.1 Å². The zero-order valence-electron chi connectivity index (χ0n) is 7.43. The molecule has 82 valence electrons. The lowest BCUT2D eigenvalue weighted by Gasteiger charge is -2.05. The third-order valence-electron chi connectivity index (χ3n) is 1.70. The molecule has 0 aliphatic carbocycles. The summed E-state index contributed by atoms with van der Waals surface area (Å²) in [5.41, 5.74) is -2.16. The maximum atomic E-state index is 12.3. The first-order valence-electron chi connectivity index (χ1n) is 3.86. The SMILES string of the molecule is C=CCc1c(C(=O)O)n[nH]c1C(F)(F)F. The van der Waals surface area contributed by atoms with Crippen LogP contribution in [0, 0.1) is 0 Å². The predicted molar refractivity (Wildman–Crippen MR) is 44.4 cm³/mol. The van der Waals surface area contributed by atoms with Crippen molar-refractivity contribution in [1.29, 1.82) is 0 Å². The van der Waals surface area contributed by atoms with Gasteiger partial charge in [-0.3, -0.25) is 5.10 Å². The third kappa shape index (κ3) is 2.17. The molecule has 0 aliphatic heterocycles. The minimum absolute atomic E-state index is 0.201. The molecule has 0 aromatic carbocycles. The Morgan fingerprint density at radius 2 is 2.20 bits per heavy atom. The molecule has 0 aliphatic rings. The van der Waals surface area contributed by atoms with Gasteiger partial charge in [-0.15, -0.1) is 6.58 Å². The van der Waals surface area contributed by atoms with E-state index in [1.165, 1.54) is 6.08 Å². The van der Waals surface area contributed by atoms with E-state index in [9.17, 15) is 18.0 Å². The van der Waals surface area contributed by atoms with E-state index >= 15 is 0 Å². The Kier molecular flexibility index (Phi) is 2.83. The average molecular weight is 220 g/mol. The van der Waals surface area contributed by atoms with Crippen LogP contribution in [0.3, 0.4) is 0 Å². The Balaban J connectivity index is 3.29. The normalized spacial score (nSPS) is 11.4. The van der Waals surface area contributed by atoms with Gasteiger partial charge in [-0.25, -0.2) is 4.79 Å². The fourth-order valence-electron chi connectivity index (χ4n) is 1.12.